The standard InChI is InChI=1S/C39H75N13O11/c40-18-6-1-11-25(49-36(59)27(13-3-8-20-42)51-38(61)29(16-17-32(54)55)47-33(56)24(45)23-31(46)53)34(57)48-26(12-2-7-19-41)35(58)50-28(14-4-9-21-43)37(60)52-30(39(62)63)15-5-10-22-44/h24-30H,1-23,40-45H2,(H2,46,53)(H,47,56)(H,48,57)(H,49,59)(H,50,58)(H,51,61)(H,52,60)(H,54,55)(H,62,63)/t24-,25-,26-,27-,28-,29-,30-/m0/s1. The maximum absolute atomic E-state index is 14.0. The number of amides is 7. The third-order valence-electron chi connectivity index (χ3n) is 9.92. The maximum atomic E-state index is 14.0. The highest BCUT2D eigenvalue weighted by molar-refractivity contribution is 5.97. The molecule has 24 nitrogen and oxygen atoms in total. The molecule has 0 unspecified atom stereocenters. The first kappa shape index (κ1) is 58.0. The first-order valence-corrected chi connectivity index (χ1v) is 21.8. The Kier molecular flexibility index (Phi) is 31.7. The lowest BCUT2D eigenvalue weighted by molar-refractivity contribution is -0.142. The van der Waals surface area contributed by atoms with Crippen LogP contribution in [0.3, 0.4) is 0 Å². The molecule has 362 valence electrons. The van der Waals surface area contributed by atoms with E-state index in [1.165, 1.54) is 0 Å². The summed E-state index contributed by atoms with van der Waals surface area (Å²) in [6, 6.07) is -9.19. The molecule has 22 N–H and O–H groups in total. The number of carboxylic acids is 2. The second kappa shape index (κ2) is 34.5. The molecule has 0 aromatic heterocycles. The number of hydrogen-bond donors (Lipinski definition) is 15. The lowest BCUT2D eigenvalue weighted by Gasteiger charge is -2.28. The highest BCUT2D eigenvalue weighted by Gasteiger charge is 2.33. The third kappa shape index (κ3) is 26.3. The molecule has 7 amide bonds. The monoisotopic (exact) mass is 902 g/mol. The Morgan fingerprint density at radius 1 is 0.381 bits per heavy atom. The van der Waals surface area contributed by atoms with Crippen molar-refractivity contribution in [2.24, 2.45) is 40.1 Å². The van der Waals surface area contributed by atoms with E-state index >= 15 is 0 Å². The lowest BCUT2D eigenvalue weighted by atomic mass is 10.0. The van der Waals surface area contributed by atoms with E-state index in [-0.39, 0.29) is 51.7 Å². The Bertz CT molecular complexity index is 1440. The van der Waals surface area contributed by atoms with E-state index in [2.05, 4.69) is 31.9 Å². The number of carbonyl (C=O) groups is 9. The molecule has 24 heteroatoms. The fraction of sp³-hybridized carbons (Fsp3) is 0.769. The van der Waals surface area contributed by atoms with Crippen LogP contribution in [0.4, 0.5) is 0 Å². The molecule has 0 aliphatic heterocycles. The average molecular weight is 902 g/mol. The Hall–Kier alpha value is -5.01. The predicted octanol–water partition coefficient (Wildman–Crippen LogP) is -4.31. The van der Waals surface area contributed by atoms with Crippen molar-refractivity contribution in [3.05, 3.63) is 0 Å². The number of carbonyl (C=O) groups excluding carboxylic acids is 7. The summed E-state index contributed by atoms with van der Waals surface area (Å²) in [6.45, 7) is 1.44. The highest BCUT2D eigenvalue weighted by Crippen LogP contribution is 2.11. The summed E-state index contributed by atoms with van der Waals surface area (Å²) in [7, 11) is 0. The summed E-state index contributed by atoms with van der Waals surface area (Å²) < 4.78 is 0. The number of aliphatic carboxylic acids is 2. The van der Waals surface area contributed by atoms with Gasteiger partial charge in [-0.3, -0.25) is 38.4 Å². The van der Waals surface area contributed by atoms with Gasteiger partial charge in [0.1, 0.15) is 36.3 Å². The van der Waals surface area contributed by atoms with Gasteiger partial charge in [-0.15, -0.1) is 0 Å². The van der Waals surface area contributed by atoms with Gasteiger partial charge in [-0.1, -0.05) is 0 Å². The molecule has 0 heterocycles. The van der Waals surface area contributed by atoms with Gasteiger partial charge in [-0.25, -0.2) is 4.79 Å². The number of rotatable bonds is 38. The van der Waals surface area contributed by atoms with Crippen LogP contribution in [0.5, 0.6) is 0 Å². The van der Waals surface area contributed by atoms with Gasteiger partial charge >= 0.3 is 11.9 Å². The molecule has 0 spiro atoms. The normalized spacial score (nSPS) is 14.4. The molecule has 0 rings (SSSR count). The maximum Gasteiger partial charge on any atom is 0.326 e. The van der Waals surface area contributed by atoms with Crippen molar-refractivity contribution < 1.29 is 53.4 Å². The van der Waals surface area contributed by atoms with E-state index < -0.39 is 115 Å². The number of unbranched alkanes of at least 4 members (excludes halogenated alkanes) is 5. The Morgan fingerprint density at radius 3 is 0.889 bits per heavy atom. The Balaban J connectivity index is 6.56. The molecule has 0 aromatic carbocycles. The van der Waals surface area contributed by atoms with Gasteiger partial charge in [0, 0.05) is 6.42 Å². The van der Waals surface area contributed by atoms with Crippen molar-refractivity contribution in [3.8, 4) is 0 Å². The molecule has 0 bridgehead atoms. The summed E-state index contributed by atoms with van der Waals surface area (Å²) in [5.74, 6) is -8.40. The van der Waals surface area contributed by atoms with E-state index in [9.17, 15) is 53.4 Å². The van der Waals surface area contributed by atoms with Gasteiger partial charge in [0.05, 0.1) is 12.5 Å². The van der Waals surface area contributed by atoms with Crippen molar-refractivity contribution in [1.82, 2.24) is 31.9 Å². The zero-order chi connectivity index (χ0) is 47.7. The molecule has 7 atom stereocenters. The molecule has 63 heavy (non-hydrogen) atoms. The van der Waals surface area contributed by atoms with Crippen molar-refractivity contribution in [3.63, 3.8) is 0 Å². The lowest BCUT2D eigenvalue weighted by Crippen LogP contribution is -2.59. The minimum Gasteiger partial charge on any atom is -0.481 e. The molecular formula is C39H75N13O11. The number of primary amides is 1. The number of nitrogens with one attached hydrogen (secondary N) is 6. The number of carboxylic acid groups (broad SMARTS) is 2. The van der Waals surface area contributed by atoms with Crippen LogP contribution >= 0.6 is 0 Å². The van der Waals surface area contributed by atoms with Crippen LogP contribution < -0.4 is 72.0 Å². The second-order valence-corrected chi connectivity index (χ2v) is 15.3. The summed E-state index contributed by atoms with van der Waals surface area (Å²) in [5, 5.41) is 34.4. The third-order valence-corrected chi connectivity index (χ3v) is 9.92. The zero-order valence-corrected chi connectivity index (χ0v) is 36.4. The average Bonchev–Trinajstić information content (AvgIpc) is 3.22. The van der Waals surface area contributed by atoms with E-state index in [0.717, 1.165) is 0 Å². The fourth-order valence-electron chi connectivity index (χ4n) is 6.28. The molecule has 0 radical (unpaired) electrons. The topological polar surface area (TPSA) is 448 Å². The summed E-state index contributed by atoms with van der Waals surface area (Å²) in [4.78, 5) is 116. The molecule has 0 saturated heterocycles. The van der Waals surface area contributed by atoms with Gasteiger partial charge in [0.15, 0.2) is 0 Å². The minimum absolute atomic E-state index is 0.0141. The van der Waals surface area contributed by atoms with Crippen LogP contribution in [0.15, 0.2) is 0 Å². The second-order valence-electron chi connectivity index (χ2n) is 15.3. The zero-order valence-electron chi connectivity index (χ0n) is 36.4. The summed E-state index contributed by atoms with van der Waals surface area (Å²) in [6.07, 6.45) is 3.22. The van der Waals surface area contributed by atoms with E-state index in [1.807, 2.05) is 0 Å². The minimum atomic E-state index is -1.50. The van der Waals surface area contributed by atoms with Crippen molar-refractivity contribution in [2.45, 2.75) is 158 Å². The van der Waals surface area contributed by atoms with Crippen molar-refractivity contribution in [2.75, 3.05) is 32.7 Å². The molecular weight excluding hydrogens is 827 g/mol. The molecule has 0 aliphatic carbocycles. The highest BCUT2D eigenvalue weighted by atomic mass is 16.4. The van der Waals surface area contributed by atoms with Crippen LogP contribution in [0, 0.1) is 0 Å². The summed E-state index contributed by atoms with van der Waals surface area (Å²) >= 11 is 0. The smallest absolute Gasteiger partial charge is 0.326 e. The number of nitrogens with two attached hydrogens (primary N) is 7. The number of hydrogen-bond acceptors (Lipinski definition) is 15. The summed E-state index contributed by atoms with van der Waals surface area (Å²) in [5.41, 5.74) is 39.1. The van der Waals surface area contributed by atoms with Crippen molar-refractivity contribution in [1.29, 1.82) is 0 Å². The SMILES string of the molecule is NCCCC[C@H](NC(=O)[C@H](CCCCN)NC(=O)[C@H](CCCCN)NC(=O)[C@H](CCCCN)NC(=O)[C@H](CCCCN)NC(=O)[C@H](CCC(=O)O)NC(=O)[C@@H](N)CC(N)=O)C(=O)O. The Labute approximate surface area is 368 Å². The van der Waals surface area contributed by atoms with E-state index in [0.29, 0.717) is 77.3 Å². The first-order valence-electron chi connectivity index (χ1n) is 21.8. The van der Waals surface area contributed by atoms with Crippen LogP contribution in [0.1, 0.15) is 116 Å². The predicted molar refractivity (Wildman–Crippen MR) is 232 cm³/mol. The Morgan fingerprint density at radius 2 is 0.635 bits per heavy atom. The van der Waals surface area contributed by atoms with Gasteiger partial charge in [-0.2, -0.15) is 0 Å². The van der Waals surface area contributed by atoms with E-state index in [1.54, 1.807) is 0 Å². The van der Waals surface area contributed by atoms with E-state index in [4.69, 9.17) is 40.1 Å². The molecule has 0 saturated carbocycles. The fourth-order valence-corrected chi connectivity index (χ4v) is 6.28. The van der Waals surface area contributed by atoms with Gasteiger partial charge in [0.2, 0.25) is 41.4 Å². The van der Waals surface area contributed by atoms with Crippen LogP contribution in [-0.2, 0) is 43.2 Å². The molecule has 0 aromatic rings. The van der Waals surface area contributed by atoms with Crippen molar-refractivity contribution >= 4 is 53.3 Å². The van der Waals surface area contributed by atoms with Gasteiger partial charge in [0.25, 0.3) is 0 Å². The largest absolute Gasteiger partial charge is 0.481 e. The van der Waals surface area contributed by atoms with Crippen LogP contribution in [0.2, 0.25) is 0 Å². The first-order chi connectivity index (χ1) is 29.9. The molecule has 0 aliphatic rings. The van der Waals surface area contributed by atoms with Gasteiger partial charge in [-0.05, 0) is 135 Å². The van der Waals surface area contributed by atoms with Gasteiger partial charge < -0.3 is 82.2 Å². The van der Waals surface area contributed by atoms with Crippen LogP contribution in [-0.4, -0.2) is 139 Å². The molecule has 0 fully saturated rings. The van der Waals surface area contributed by atoms with Crippen LogP contribution in [0.25, 0.3) is 0 Å². The quantitative estimate of drug-likeness (QED) is 0.0261.